The van der Waals surface area contributed by atoms with Crippen molar-refractivity contribution in [1.29, 1.82) is 0 Å². The summed E-state index contributed by atoms with van der Waals surface area (Å²) in [6, 6.07) is 52.2. The van der Waals surface area contributed by atoms with Gasteiger partial charge in [-0.2, -0.15) is 0 Å². The van der Waals surface area contributed by atoms with Crippen LogP contribution in [0.25, 0.3) is 122 Å². The number of fused-ring (bicyclic) bond motifs is 5. The van der Waals surface area contributed by atoms with Crippen molar-refractivity contribution in [2.24, 2.45) is 0 Å². The molecule has 0 spiro atoms. The van der Waals surface area contributed by atoms with E-state index < -0.39 is 0 Å². The molecule has 0 radical (unpaired) electrons. The van der Waals surface area contributed by atoms with Crippen molar-refractivity contribution < 1.29 is 18.7 Å². The van der Waals surface area contributed by atoms with Gasteiger partial charge in [0.25, 0.3) is 0 Å². The summed E-state index contributed by atoms with van der Waals surface area (Å²) in [5.74, 6) is 3.52. The number of pyridine rings is 5. The minimum atomic E-state index is -0.0180. The Hall–Kier alpha value is -13.4. The minimum Gasteiger partial charge on any atom is -0.382 e. The Bertz CT molecular complexity index is 5790. The minimum absolute atomic E-state index is 0.000551. The van der Waals surface area contributed by atoms with E-state index in [1.807, 2.05) is 109 Å². The van der Waals surface area contributed by atoms with Crippen LogP contribution in [0.4, 0.5) is 29.1 Å². The second kappa shape index (κ2) is 32.8. The first kappa shape index (κ1) is 70.9. The number of aromatic nitrogens is 16. The largest absolute Gasteiger partial charge is 0.382 e. The highest BCUT2D eigenvalue weighted by atomic mass is 16.5. The van der Waals surface area contributed by atoms with Gasteiger partial charge in [-0.1, -0.05) is 78.7 Å². The Morgan fingerprint density at radius 1 is 0.282 bits per heavy atom. The van der Waals surface area contributed by atoms with E-state index in [-0.39, 0.29) is 12.2 Å². The van der Waals surface area contributed by atoms with Crippen molar-refractivity contribution >= 4 is 83.6 Å². The van der Waals surface area contributed by atoms with Crippen LogP contribution in [0.5, 0.6) is 0 Å². The average Bonchev–Trinajstić information content (AvgIpc) is 0.848. The van der Waals surface area contributed by atoms with E-state index in [4.69, 9.17) is 47.4 Å². The van der Waals surface area contributed by atoms with Crippen molar-refractivity contribution in [3.05, 3.63) is 249 Å². The van der Waals surface area contributed by atoms with Crippen LogP contribution < -0.4 is 28.7 Å². The van der Waals surface area contributed by atoms with Gasteiger partial charge in [0.2, 0.25) is 0 Å². The van der Waals surface area contributed by atoms with E-state index in [0.29, 0.717) is 58.1 Å². The van der Waals surface area contributed by atoms with Gasteiger partial charge in [0.1, 0.15) is 52.7 Å². The van der Waals surface area contributed by atoms with Crippen LogP contribution in [-0.2, 0) is 14.2 Å². The fourth-order valence-corrected chi connectivity index (χ4v) is 14.2. The molecule has 16 aromatic rings. The number of anilines is 5. The molecule has 4 fully saturated rings. The maximum atomic E-state index is 5.89. The van der Waals surface area contributed by atoms with Gasteiger partial charge in [-0.3, -0.25) is 44.9 Å². The summed E-state index contributed by atoms with van der Waals surface area (Å²) in [5, 5.41) is 9.13. The maximum absolute atomic E-state index is 5.89. The molecule has 14 heterocycles. The molecule has 0 amide bonds. The van der Waals surface area contributed by atoms with Crippen molar-refractivity contribution in [1.82, 2.24) is 79.9 Å². The summed E-state index contributed by atoms with van der Waals surface area (Å²) >= 11 is 0. The number of hydrogen-bond acceptors (Lipinski definition) is 25. The predicted octanol–water partition coefficient (Wildman–Crippen LogP) is 15.9. The van der Waals surface area contributed by atoms with Crippen LogP contribution in [0, 0.1) is 0 Å². The number of ether oxygens (including phenoxy) is 3. The van der Waals surface area contributed by atoms with Gasteiger partial charge >= 0.3 is 0 Å². The van der Waals surface area contributed by atoms with Crippen molar-refractivity contribution in [2.45, 2.75) is 81.8 Å². The molecule has 25 heteroatoms. The first-order valence-electron chi connectivity index (χ1n) is 36.7. The third kappa shape index (κ3) is 16.2. The SMILES string of the molecule is Nc1cnc(-c2ccc3ncccc3c2)c(-c2ccno2)n1.Nc1cnc(-c2ccc3ncccc3c2)c(C2CCCC2)n1.Nc1cnc(-c2ccc3ncccc3c2)c(C2CCCO2)n1.Nc1cnc(-c2ccc3ncccc3c2)c(C2CCO2)n1.Nc1cnc(-c2ccc3ncccc3c2)c(C2CCOCC2)n1. The molecule has 1 aliphatic carbocycles. The van der Waals surface area contributed by atoms with Crippen LogP contribution in [0.1, 0.15) is 105 Å². The first-order chi connectivity index (χ1) is 54.0. The second-order valence-corrected chi connectivity index (χ2v) is 27.1. The highest BCUT2D eigenvalue weighted by Crippen LogP contribution is 2.41. The highest BCUT2D eigenvalue weighted by Gasteiger charge is 2.29. The molecule has 3 aliphatic heterocycles. The van der Waals surface area contributed by atoms with E-state index in [1.54, 1.807) is 61.8 Å². The highest BCUT2D eigenvalue weighted by molar-refractivity contribution is 5.89. The Labute approximate surface area is 632 Å². The molecule has 11 aromatic heterocycles. The fraction of sp³-hybridized carbons (Fsp3) is 0.200. The smallest absolute Gasteiger partial charge is 0.187 e. The zero-order valence-corrected chi connectivity index (χ0v) is 60.0. The quantitative estimate of drug-likeness (QED) is 0.0849. The molecule has 4 aliphatic rings. The monoisotopic (exact) mass is 1460 g/mol. The molecule has 546 valence electrons. The standard InChI is InChI=1S/C18H18N4O.C18H18N4.C17H16N4O.C16H11N5O.C16H14N4O/c19-16-11-21-17(18(22-16)12-5-8-23-9-6-12)14-3-4-15-13(10-14)2-1-7-20-15;19-16-11-21-17(18(22-16)12-4-1-2-5-12)14-7-8-15-13(10-14)6-3-9-20-15;18-15-10-20-16(17(21-15)14-4-2-8-22-14)12-5-6-13-11(9-12)3-1-7-19-13;17-14-9-19-15(16(21-14)13-5-7-20-22-13)11-3-4-12-10(8-11)2-1-6-18-12;17-14-9-19-15(16(20-14)13-5-7-21-13)11-3-4-12-10(8-11)2-1-6-18-12/h1-4,7,10-12H,5-6,8-9H2,(H2,19,22);3,6-12H,1-2,4-5H2,(H2,19,22);1,3,5-7,9-10,14H,2,4,8H2,(H2,18,21);1-9H,(H2,17,21);1-4,6,8-9,13H,5,7H2,(H2,17,20). The summed E-state index contributed by atoms with van der Waals surface area (Å²) < 4.78 is 22.0. The second-order valence-electron chi connectivity index (χ2n) is 27.1. The molecule has 0 bridgehead atoms. The molecule has 2 unspecified atom stereocenters. The summed E-state index contributed by atoms with van der Waals surface area (Å²) in [6.07, 6.45) is 28.3. The van der Waals surface area contributed by atoms with Gasteiger partial charge < -0.3 is 47.4 Å². The molecule has 1 saturated carbocycles. The summed E-state index contributed by atoms with van der Waals surface area (Å²) in [5.41, 5.74) is 47.5. The predicted molar refractivity (Wildman–Crippen MR) is 427 cm³/mol. The lowest BCUT2D eigenvalue weighted by Gasteiger charge is -2.27. The molecule has 110 heavy (non-hydrogen) atoms. The van der Waals surface area contributed by atoms with Gasteiger partial charge in [-0.25, -0.2) is 29.9 Å². The van der Waals surface area contributed by atoms with Crippen molar-refractivity contribution in [3.8, 4) is 67.7 Å². The number of benzene rings is 5. The molecule has 5 aromatic carbocycles. The normalized spacial score (nSPS) is 15.5. The molecule has 10 N–H and O–H groups in total. The van der Waals surface area contributed by atoms with E-state index >= 15 is 0 Å². The van der Waals surface area contributed by atoms with Crippen molar-refractivity contribution in [3.63, 3.8) is 0 Å². The van der Waals surface area contributed by atoms with Crippen molar-refractivity contribution in [2.75, 3.05) is 55.1 Å². The average molecular weight is 1460 g/mol. The first-order valence-corrected chi connectivity index (χ1v) is 36.7. The third-order valence-electron chi connectivity index (χ3n) is 19.7. The topological polar surface area (TPSA) is 377 Å². The maximum Gasteiger partial charge on any atom is 0.187 e. The zero-order chi connectivity index (χ0) is 74.7. The van der Waals surface area contributed by atoms with Gasteiger partial charge in [0.15, 0.2) is 5.76 Å². The van der Waals surface area contributed by atoms with Crippen LogP contribution in [-0.4, -0.2) is 106 Å². The summed E-state index contributed by atoms with van der Waals surface area (Å²) in [4.78, 5) is 66.8. The van der Waals surface area contributed by atoms with E-state index in [1.165, 1.54) is 31.9 Å². The number of hydrogen-bond donors (Lipinski definition) is 5. The number of nitrogens with zero attached hydrogens (tertiary/aromatic N) is 16. The van der Waals surface area contributed by atoms with Crippen LogP contribution in [0.2, 0.25) is 0 Å². The Balaban J connectivity index is 0.000000104. The molecule has 25 nitrogen and oxygen atoms in total. The van der Waals surface area contributed by atoms with Gasteiger partial charge in [0.05, 0.1) is 117 Å². The fourth-order valence-electron chi connectivity index (χ4n) is 14.2. The van der Waals surface area contributed by atoms with Gasteiger partial charge in [-0.05, 0) is 130 Å². The van der Waals surface area contributed by atoms with Crippen LogP contribution >= 0.6 is 0 Å². The van der Waals surface area contributed by atoms with Crippen LogP contribution in [0.3, 0.4) is 0 Å². The summed E-state index contributed by atoms with van der Waals surface area (Å²) in [7, 11) is 0. The van der Waals surface area contributed by atoms with E-state index in [2.05, 4.69) is 128 Å². The Kier molecular flexibility index (Phi) is 21.1. The number of nitrogen functional groups attached to an aromatic ring is 5. The van der Waals surface area contributed by atoms with Crippen LogP contribution in [0.15, 0.2) is 230 Å². The molecule has 3 saturated heterocycles. The lowest BCUT2D eigenvalue weighted by atomic mass is 9.92. The Morgan fingerprint density at radius 2 is 0.618 bits per heavy atom. The zero-order valence-electron chi connectivity index (χ0n) is 60.0. The van der Waals surface area contributed by atoms with E-state index in [9.17, 15) is 0 Å². The Morgan fingerprint density at radius 3 is 0.973 bits per heavy atom. The molecular weight excluding hydrogens is 1380 g/mol. The summed E-state index contributed by atoms with van der Waals surface area (Å²) in [6.45, 7) is 3.06. The third-order valence-corrected chi connectivity index (χ3v) is 19.7. The molecular formula is C85H77N21O4. The molecule has 2 atom stereocenters. The number of rotatable bonds is 10. The van der Waals surface area contributed by atoms with Gasteiger partial charge in [-0.15, -0.1) is 0 Å². The molecule has 20 rings (SSSR count). The lowest BCUT2D eigenvalue weighted by Crippen LogP contribution is -2.21. The number of nitrogens with two attached hydrogens (primary N) is 5. The lowest BCUT2D eigenvalue weighted by molar-refractivity contribution is -0.0549. The van der Waals surface area contributed by atoms with E-state index in [0.717, 1.165) is 186 Å². The van der Waals surface area contributed by atoms with Gasteiger partial charge in [0, 0.05) is 130 Å².